The first-order valence-corrected chi connectivity index (χ1v) is 14.5. The van der Waals surface area contributed by atoms with Gasteiger partial charge < -0.3 is 0 Å². The molecule has 4 fully saturated rings. The summed E-state index contributed by atoms with van der Waals surface area (Å²) in [5, 5.41) is 0. The Bertz CT molecular complexity index is 577. The van der Waals surface area contributed by atoms with Crippen molar-refractivity contribution < 1.29 is 0 Å². The van der Waals surface area contributed by atoms with Gasteiger partial charge >= 0.3 is 0 Å². The average molecular weight is 463 g/mol. The highest BCUT2D eigenvalue weighted by atomic mass is 15.4. The number of piperidine rings is 2. The van der Waals surface area contributed by atoms with E-state index >= 15 is 0 Å². The molecule has 4 aliphatic rings. The van der Waals surface area contributed by atoms with Crippen LogP contribution in [0.15, 0.2) is 0 Å². The van der Waals surface area contributed by atoms with Crippen molar-refractivity contribution in [3.05, 3.63) is 0 Å². The highest BCUT2D eigenvalue weighted by molar-refractivity contribution is 5.22. The van der Waals surface area contributed by atoms with Crippen LogP contribution in [0.25, 0.3) is 0 Å². The Morgan fingerprint density at radius 1 is 0.576 bits per heavy atom. The van der Waals surface area contributed by atoms with E-state index in [0.717, 1.165) is 59.4 Å². The molecule has 0 spiro atoms. The Hall–Kier alpha value is -0.0800. The maximum atomic E-state index is 2.81. The molecule has 0 amide bonds. The molecule has 2 nitrogen and oxygen atoms in total. The average Bonchev–Trinajstić information content (AvgIpc) is 2.64. The second-order valence-electron chi connectivity index (χ2n) is 14.3. The smallest absolute Gasteiger partial charge is 0.0235 e. The Balaban J connectivity index is 0.000000234. The standard InChI is InChI=1S/C16H31N.C15H31N/c1-10(2)14-12(5)15(7)9-16(8,13(14)6)17(15)11(3)4;1-9(2)15-11(5)13(7)16(10(3)4)14(8)12(15)6/h10-14H,9H2,1-8H3;9-15H,1-8H3. The fourth-order valence-electron chi connectivity index (χ4n) is 9.94. The summed E-state index contributed by atoms with van der Waals surface area (Å²) in [5.41, 5.74) is 0.898. The van der Waals surface area contributed by atoms with E-state index in [1.165, 1.54) is 6.42 Å². The first kappa shape index (κ1) is 29.2. The second-order valence-corrected chi connectivity index (χ2v) is 14.3. The Morgan fingerprint density at radius 2 is 0.939 bits per heavy atom. The fourth-order valence-corrected chi connectivity index (χ4v) is 9.94. The lowest BCUT2D eigenvalue weighted by Crippen LogP contribution is -2.82. The van der Waals surface area contributed by atoms with Crippen LogP contribution in [0.2, 0.25) is 0 Å². The molecular formula is C31H62N2. The molecule has 33 heavy (non-hydrogen) atoms. The van der Waals surface area contributed by atoms with E-state index in [4.69, 9.17) is 0 Å². The van der Waals surface area contributed by atoms with Gasteiger partial charge in [0.15, 0.2) is 0 Å². The lowest BCUT2D eigenvalue weighted by atomic mass is 9.46. The van der Waals surface area contributed by atoms with Gasteiger partial charge in [0, 0.05) is 35.2 Å². The van der Waals surface area contributed by atoms with Crippen molar-refractivity contribution >= 4 is 0 Å². The van der Waals surface area contributed by atoms with Crippen LogP contribution in [0.5, 0.6) is 0 Å². The number of hydrogen-bond donors (Lipinski definition) is 0. The Kier molecular flexibility index (Phi) is 8.94. The van der Waals surface area contributed by atoms with Gasteiger partial charge in [-0.2, -0.15) is 0 Å². The number of hydrogen-bond acceptors (Lipinski definition) is 2. The van der Waals surface area contributed by atoms with Crippen molar-refractivity contribution in [1.82, 2.24) is 9.80 Å². The van der Waals surface area contributed by atoms with Gasteiger partial charge in [-0.3, -0.25) is 9.80 Å². The number of nitrogens with zero attached hydrogens (tertiary/aromatic N) is 2. The normalized spacial score (nSPS) is 46.5. The molecule has 0 N–H and O–H groups in total. The molecule has 1 aliphatic carbocycles. The SMILES string of the molecule is CC(C)C1C(C)C(C)N(C(C)C)C(C)C1C.CC(C)C1C(C)C2(C)CC(C)(C1C)N2C(C)C. The lowest BCUT2D eigenvalue weighted by Gasteiger charge is -2.76. The molecule has 8 atom stereocenters. The van der Waals surface area contributed by atoms with Crippen LogP contribution in [-0.2, 0) is 0 Å². The van der Waals surface area contributed by atoms with Crippen molar-refractivity contribution in [2.75, 3.05) is 0 Å². The minimum Gasteiger partial charge on any atom is -0.295 e. The summed E-state index contributed by atoms with van der Waals surface area (Å²) >= 11 is 0. The molecule has 0 aromatic heterocycles. The van der Waals surface area contributed by atoms with E-state index in [0.29, 0.717) is 23.2 Å². The quantitative estimate of drug-likeness (QED) is 0.415. The van der Waals surface area contributed by atoms with Crippen LogP contribution in [0.4, 0.5) is 0 Å². The van der Waals surface area contributed by atoms with Crippen LogP contribution in [0, 0.1) is 47.3 Å². The highest BCUT2D eigenvalue weighted by Crippen LogP contribution is 2.63. The monoisotopic (exact) mass is 462 g/mol. The molecule has 3 heterocycles. The maximum Gasteiger partial charge on any atom is 0.0235 e. The first-order valence-electron chi connectivity index (χ1n) is 14.5. The number of fused-ring (bicyclic) bond motifs is 2. The van der Waals surface area contributed by atoms with Crippen LogP contribution >= 0.6 is 0 Å². The van der Waals surface area contributed by atoms with Gasteiger partial charge in [0.2, 0.25) is 0 Å². The van der Waals surface area contributed by atoms with Crippen molar-refractivity contribution in [3.63, 3.8) is 0 Å². The molecule has 0 radical (unpaired) electrons. The van der Waals surface area contributed by atoms with Gasteiger partial charge in [-0.05, 0) is 109 Å². The second kappa shape index (κ2) is 10.1. The predicted molar refractivity (Wildman–Crippen MR) is 148 cm³/mol. The summed E-state index contributed by atoms with van der Waals surface area (Å²) in [6, 6.07) is 2.79. The third kappa shape index (κ3) is 4.71. The number of rotatable bonds is 4. The lowest BCUT2D eigenvalue weighted by molar-refractivity contribution is -0.261. The van der Waals surface area contributed by atoms with E-state index in [1.807, 2.05) is 0 Å². The van der Waals surface area contributed by atoms with Gasteiger partial charge in [-0.1, -0.05) is 55.4 Å². The van der Waals surface area contributed by atoms with Gasteiger partial charge in [0.1, 0.15) is 0 Å². The molecule has 0 aromatic carbocycles. The zero-order valence-electron chi connectivity index (χ0n) is 25.5. The van der Waals surface area contributed by atoms with E-state index < -0.39 is 0 Å². The van der Waals surface area contributed by atoms with Crippen molar-refractivity contribution in [1.29, 1.82) is 0 Å². The van der Waals surface area contributed by atoms with E-state index in [1.54, 1.807) is 0 Å². The van der Waals surface area contributed by atoms with Crippen LogP contribution < -0.4 is 0 Å². The van der Waals surface area contributed by atoms with Crippen molar-refractivity contribution in [2.24, 2.45) is 47.3 Å². The molecule has 3 saturated heterocycles. The van der Waals surface area contributed by atoms with E-state index in [9.17, 15) is 0 Å². The molecule has 2 bridgehead atoms. The summed E-state index contributed by atoms with van der Waals surface area (Å²) < 4.78 is 0. The van der Waals surface area contributed by atoms with Crippen molar-refractivity contribution in [3.8, 4) is 0 Å². The van der Waals surface area contributed by atoms with Crippen LogP contribution in [0.3, 0.4) is 0 Å². The van der Waals surface area contributed by atoms with E-state index in [2.05, 4.69) is 121 Å². The molecule has 8 unspecified atom stereocenters. The summed E-state index contributed by atoms with van der Waals surface area (Å²) in [4.78, 5) is 5.53. The van der Waals surface area contributed by atoms with Crippen LogP contribution in [-0.4, -0.2) is 45.0 Å². The summed E-state index contributed by atoms with van der Waals surface area (Å²) in [6.07, 6.45) is 1.39. The Morgan fingerprint density at radius 3 is 1.21 bits per heavy atom. The minimum atomic E-state index is 0.449. The fraction of sp³-hybridized carbons (Fsp3) is 1.00. The summed E-state index contributed by atoms with van der Waals surface area (Å²) in [6.45, 7) is 38.7. The topological polar surface area (TPSA) is 6.48 Å². The molecule has 4 rings (SSSR count). The maximum absolute atomic E-state index is 2.81. The van der Waals surface area contributed by atoms with Crippen LogP contribution in [0.1, 0.15) is 117 Å². The number of likely N-dealkylation sites (tertiary alicyclic amines) is 1. The van der Waals surface area contributed by atoms with E-state index in [-0.39, 0.29) is 0 Å². The molecule has 2 heteroatoms. The predicted octanol–water partition coefficient (Wildman–Crippen LogP) is 8.21. The summed E-state index contributed by atoms with van der Waals surface area (Å²) in [5.74, 6) is 6.65. The Labute approximate surface area is 209 Å². The summed E-state index contributed by atoms with van der Waals surface area (Å²) in [7, 11) is 0. The van der Waals surface area contributed by atoms with Gasteiger partial charge in [-0.25, -0.2) is 0 Å². The van der Waals surface area contributed by atoms with Gasteiger partial charge in [0.25, 0.3) is 0 Å². The van der Waals surface area contributed by atoms with Crippen molar-refractivity contribution in [2.45, 2.75) is 152 Å². The first-order chi connectivity index (χ1) is 14.9. The van der Waals surface area contributed by atoms with Gasteiger partial charge in [-0.15, -0.1) is 0 Å². The third-order valence-electron chi connectivity index (χ3n) is 11.3. The molecule has 0 aromatic rings. The zero-order valence-corrected chi connectivity index (χ0v) is 25.5. The minimum absolute atomic E-state index is 0.449. The third-order valence-corrected chi connectivity index (χ3v) is 11.3. The highest BCUT2D eigenvalue weighted by Gasteiger charge is 2.68. The molecule has 1 saturated carbocycles. The largest absolute Gasteiger partial charge is 0.295 e. The molecule has 196 valence electrons. The van der Waals surface area contributed by atoms with Gasteiger partial charge in [0.05, 0.1) is 0 Å². The zero-order chi connectivity index (χ0) is 25.8. The molecule has 3 aliphatic heterocycles. The molecular weight excluding hydrogens is 400 g/mol.